The summed E-state index contributed by atoms with van der Waals surface area (Å²) in [6.07, 6.45) is 1.07. The van der Waals surface area contributed by atoms with Gasteiger partial charge in [-0.05, 0) is 34.9 Å². The lowest BCUT2D eigenvalue weighted by molar-refractivity contribution is -0.116. The Morgan fingerprint density at radius 3 is 2.59 bits per heavy atom. The molecule has 0 unspecified atom stereocenters. The first-order chi connectivity index (χ1) is 13.2. The zero-order valence-electron chi connectivity index (χ0n) is 14.4. The SMILES string of the molecule is O=C(CCc1cccc2ccccc12)Nc1nnc(-c2ccc(Cl)cc2)s1. The predicted molar refractivity (Wildman–Crippen MR) is 111 cm³/mol. The number of carbonyl (C=O) groups excluding carboxylic acids is 1. The van der Waals surface area contributed by atoms with Gasteiger partial charge in [-0.1, -0.05) is 77.5 Å². The minimum absolute atomic E-state index is 0.0678. The second kappa shape index (κ2) is 7.86. The zero-order chi connectivity index (χ0) is 18.6. The summed E-state index contributed by atoms with van der Waals surface area (Å²) in [4.78, 5) is 12.3. The number of halogens is 1. The van der Waals surface area contributed by atoms with E-state index in [1.165, 1.54) is 27.7 Å². The summed E-state index contributed by atoms with van der Waals surface area (Å²) in [5.74, 6) is -0.0678. The second-order valence-electron chi connectivity index (χ2n) is 6.11. The van der Waals surface area contributed by atoms with Gasteiger partial charge in [0.1, 0.15) is 5.01 Å². The highest BCUT2D eigenvalue weighted by molar-refractivity contribution is 7.18. The fraction of sp³-hybridized carbons (Fsp3) is 0.0952. The summed E-state index contributed by atoms with van der Waals surface area (Å²) in [6, 6.07) is 21.8. The fourth-order valence-corrected chi connectivity index (χ4v) is 3.81. The Labute approximate surface area is 165 Å². The Balaban J connectivity index is 1.40. The van der Waals surface area contributed by atoms with Crippen molar-refractivity contribution in [3.63, 3.8) is 0 Å². The van der Waals surface area contributed by atoms with E-state index >= 15 is 0 Å². The number of carbonyl (C=O) groups is 1. The second-order valence-corrected chi connectivity index (χ2v) is 7.52. The van der Waals surface area contributed by atoms with E-state index in [9.17, 15) is 4.79 Å². The van der Waals surface area contributed by atoms with Crippen LogP contribution >= 0.6 is 22.9 Å². The van der Waals surface area contributed by atoms with Crippen LogP contribution in [0, 0.1) is 0 Å². The molecule has 0 saturated carbocycles. The van der Waals surface area contributed by atoms with Gasteiger partial charge in [0.05, 0.1) is 0 Å². The average Bonchev–Trinajstić information content (AvgIpc) is 3.15. The molecule has 0 fully saturated rings. The molecule has 27 heavy (non-hydrogen) atoms. The standard InChI is InChI=1S/C21H16ClN3OS/c22-17-11-8-16(9-12-17)20-24-25-21(27-20)23-19(26)13-10-15-6-3-5-14-4-1-2-7-18(14)15/h1-9,11-12H,10,13H2,(H,23,25,26). The molecule has 0 bridgehead atoms. The molecule has 4 nitrogen and oxygen atoms in total. The number of nitrogens with zero attached hydrogens (tertiary/aromatic N) is 2. The third kappa shape index (κ3) is 4.15. The normalized spacial score (nSPS) is 10.9. The Bertz CT molecular complexity index is 1090. The minimum Gasteiger partial charge on any atom is -0.301 e. The van der Waals surface area contributed by atoms with Crippen LogP contribution in [0.25, 0.3) is 21.3 Å². The Hall–Kier alpha value is -2.76. The van der Waals surface area contributed by atoms with E-state index in [1.807, 2.05) is 30.3 Å². The van der Waals surface area contributed by atoms with Crippen LogP contribution in [0.3, 0.4) is 0 Å². The summed E-state index contributed by atoms with van der Waals surface area (Å²) < 4.78 is 0. The van der Waals surface area contributed by atoms with Crippen molar-refractivity contribution in [2.75, 3.05) is 5.32 Å². The van der Waals surface area contributed by atoms with Crippen LogP contribution in [0.2, 0.25) is 5.02 Å². The number of hydrogen-bond acceptors (Lipinski definition) is 4. The van der Waals surface area contributed by atoms with Gasteiger partial charge in [0, 0.05) is 17.0 Å². The van der Waals surface area contributed by atoms with E-state index in [1.54, 1.807) is 12.1 Å². The number of rotatable bonds is 5. The fourth-order valence-electron chi connectivity index (χ4n) is 2.92. The Morgan fingerprint density at radius 1 is 0.963 bits per heavy atom. The molecule has 0 atom stereocenters. The maximum Gasteiger partial charge on any atom is 0.226 e. The number of benzene rings is 3. The summed E-state index contributed by atoms with van der Waals surface area (Å²) in [5.41, 5.74) is 2.09. The van der Waals surface area contributed by atoms with Gasteiger partial charge in [-0.15, -0.1) is 10.2 Å². The zero-order valence-corrected chi connectivity index (χ0v) is 15.9. The maximum absolute atomic E-state index is 12.3. The van der Waals surface area contributed by atoms with Crippen LogP contribution in [0.1, 0.15) is 12.0 Å². The smallest absolute Gasteiger partial charge is 0.226 e. The molecule has 1 N–H and O–H groups in total. The topological polar surface area (TPSA) is 54.9 Å². The molecule has 0 saturated heterocycles. The van der Waals surface area contributed by atoms with Crippen molar-refractivity contribution in [1.29, 1.82) is 0 Å². The molecule has 134 valence electrons. The lowest BCUT2D eigenvalue weighted by Crippen LogP contribution is -2.12. The van der Waals surface area contributed by atoms with Crippen LogP contribution in [-0.4, -0.2) is 16.1 Å². The number of aromatic nitrogens is 2. The molecule has 1 aromatic heterocycles. The molecule has 0 aliphatic rings. The van der Waals surface area contributed by atoms with E-state index in [0.29, 0.717) is 23.0 Å². The minimum atomic E-state index is -0.0678. The molecule has 0 radical (unpaired) electrons. The van der Waals surface area contributed by atoms with Crippen molar-refractivity contribution in [2.45, 2.75) is 12.8 Å². The van der Waals surface area contributed by atoms with Gasteiger partial charge in [-0.3, -0.25) is 4.79 Å². The molecular formula is C21H16ClN3OS. The van der Waals surface area contributed by atoms with Crippen molar-refractivity contribution in [3.05, 3.63) is 77.3 Å². The largest absolute Gasteiger partial charge is 0.301 e. The predicted octanol–water partition coefficient (Wildman–Crippen LogP) is 5.58. The van der Waals surface area contributed by atoms with Crippen molar-refractivity contribution in [3.8, 4) is 10.6 Å². The summed E-state index contributed by atoms with van der Waals surface area (Å²) >= 11 is 7.25. The summed E-state index contributed by atoms with van der Waals surface area (Å²) in [7, 11) is 0. The Kier molecular flexibility index (Phi) is 5.14. The monoisotopic (exact) mass is 393 g/mol. The number of amides is 1. The van der Waals surface area contributed by atoms with Crippen molar-refractivity contribution < 1.29 is 4.79 Å². The summed E-state index contributed by atoms with van der Waals surface area (Å²) in [6.45, 7) is 0. The molecule has 1 heterocycles. The van der Waals surface area contributed by atoms with Gasteiger partial charge in [0.15, 0.2) is 0 Å². The molecule has 6 heteroatoms. The molecule has 0 aliphatic carbocycles. The van der Waals surface area contributed by atoms with E-state index < -0.39 is 0 Å². The molecule has 0 spiro atoms. The molecule has 4 aromatic rings. The van der Waals surface area contributed by atoms with Crippen molar-refractivity contribution in [2.24, 2.45) is 0 Å². The van der Waals surface area contributed by atoms with E-state index in [2.05, 4.69) is 39.8 Å². The first-order valence-electron chi connectivity index (χ1n) is 8.55. The number of fused-ring (bicyclic) bond motifs is 1. The van der Waals surface area contributed by atoms with Crippen LogP contribution in [0.5, 0.6) is 0 Å². The number of nitrogens with one attached hydrogen (secondary N) is 1. The Morgan fingerprint density at radius 2 is 1.74 bits per heavy atom. The molecule has 1 amide bonds. The lowest BCUT2D eigenvalue weighted by atomic mass is 10.0. The highest BCUT2D eigenvalue weighted by Gasteiger charge is 2.10. The highest BCUT2D eigenvalue weighted by atomic mass is 35.5. The van der Waals surface area contributed by atoms with Gasteiger partial charge < -0.3 is 5.32 Å². The van der Waals surface area contributed by atoms with Crippen LogP contribution < -0.4 is 5.32 Å². The van der Waals surface area contributed by atoms with Crippen molar-refractivity contribution in [1.82, 2.24) is 10.2 Å². The molecule has 0 aliphatic heterocycles. The van der Waals surface area contributed by atoms with Crippen LogP contribution in [0.4, 0.5) is 5.13 Å². The van der Waals surface area contributed by atoms with Gasteiger partial charge in [0.2, 0.25) is 11.0 Å². The first-order valence-corrected chi connectivity index (χ1v) is 9.74. The van der Waals surface area contributed by atoms with Gasteiger partial charge >= 0.3 is 0 Å². The van der Waals surface area contributed by atoms with Gasteiger partial charge in [-0.25, -0.2) is 0 Å². The number of anilines is 1. The molecular weight excluding hydrogens is 378 g/mol. The third-order valence-electron chi connectivity index (χ3n) is 4.26. The van der Waals surface area contributed by atoms with Gasteiger partial charge in [0.25, 0.3) is 0 Å². The maximum atomic E-state index is 12.3. The molecule has 4 rings (SSSR count). The van der Waals surface area contributed by atoms with E-state index in [4.69, 9.17) is 11.6 Å². The number of hydrogen-bond donors (Lipinski definition) is 1. The lowest BCUT2D eigenvalue weighted by Gasteiger charge is -2.06. The highest BCUT2D eigenvalue weighted by Crippen LogP contribution is 2.27. The quantitative estimate of drug-likeness (QED) is 0.481. The summed E-state index contributed by atoms with van der Waals surface area (Å²) in [5, 5.41) is 15.3. The third-order valence-corrected chi connectivity index (χ3v) is 5.40. The van der Waals surface area contributed by atoms with Crippen LogP contribution in [-0.2, 0) is 11.2 Å². The van der Waals surface area contributed by atoms with E-state index in [0.717, 1.165) is 10.6 Å². The van der Waals surface area contributed by atoms with E-state index in [-0.39, 0.29) is 5.91 Å². The van der Waals surface area contributed by atoms with Gasteiger partial charge in [-0.2, -0.15) is 0 Å². The number of aryl methyl sites for hydroxylation is 1. The van der Waals surface area contributed by atoms with Crippen LogP contribution in [0.15, 0.2) is 66.7 Å². The average molecular weight is 394 g/mol. The van der Waals surface area contributed by atoms with Crippen molar-refractivity contribution >= 4 is 44.7 Å². The molecule has 3 aromatic carbocycles. The first kappa shape index (κ1) is 17.6.